The van der Waals surface area contributed by atoms with Gasteiger partial charge in [-0.05, 0) is 144 Å². The van der Waals surface area contributed by atoms with Gasteiger partial charge in [-0.25, -0.2) is 0 Å². The van der Waals surface area contributed by atoms with E-state index >= 15 is 0 Å². The largest absolute Gasteiger partial charge is 0.0616 e. The molecule has 0 heterocycles. The molecule has 0 unspecified atom stereocenters. The van der Waals surface area contributed by atoms with Crippen LogP contribution in [-0.4, -0.2) is 0 Å². The topological polar surface area (TPSA) is 0 Å². The molecule has 0 aliphatic carbocycles. The first-order chi connectivity index (χ1) is 27.8. The summed E-state index contributed by atoms with van der Waals surface area (Å²) < 4.78 is 0. The third kappa shape index (κ3) is 4.60. The van der Waals surface area contributed by atoms with E-state index in [-0.39, 0.29) is 0 Å². The van der Waals surface area contributed by atoms with Gasteiger partial charge in [0, 0.05) is 0 Å². The van der Waals surface area contributed by atoms with E-state index in [0.717, 1.165) is 0 Å². The van der Waals surface area contributed by atoms with Crippen LogP contribution in [0.2, 0.25) is 0 Å². The van der Waals surface area contributed by atoms with Crippen LogP contribution < -0.4 is 0 Å². The average molecular weight is 707 g/mol. The maximum absolute atomic E-state index is 2.44. The van der Waals surface area contributed by atoms with Gasteiger partial charge in [0.25, 0.3) is 0 Å². The summed E-state index contributed by atoms with van der Waals surface area (Å²) in [5, 5.41) is 20.3. The van der Waals surface area contributed by atoms with Gasteiger partial charge in [0.1, 0.15) is 0 Å². The second-order valence-electron chi connectivity index (χ2n) is 15.2. The Labute approximate surface area is 324 Å². The monoisotopic (exact) mass is 706 g/mol. The maximum atomic E-state index is 2.44. The summed E-state index contributed by atoms with van der Waals surface area (Å²) in [6, 6.07) is 76.7. The first-order valence-corrected chi connectivity index (χ1v) is 19.5. The molecule has 0 radical (unpaired) electrons. The Kier molecular flexibility index (Phi) is 6.73. The highest BCUT2D eigenvalue weighted by molar-refractivity contribution is 6.26. The Morgan fingerprint density at radius 1 is 0.179 bits per heavy atom. The quantitative estimate of drug-likeness (QED) is 0.127. The zero-order chi connectivity index (χ0) is 36.7. The van der Waals surface area contributed by atoms with E-state index in [1.54, 1.807) is 0 Å². The van der Waals surface area contributed by atoms with Crippen molar-refractivity contribution in [2.24, 2.45) is 0 Å². The number of hydrogen-bond acceptors (Lipinski definition) is 0. The molecule has 0 aliphatic rings. The van der Waals surface area contributed by atoms with Gasteiger partial charge in [-0.15, -0.1) is 0 Å². The lowest BCUT2D eigenvalue weighted by Gasteiger charge is -2.20. The van der Waals surface area contributed by atoms with Crippen LogP contribution in [0, 0.1) is 0 Å². The maximum Gasteiger partial charge on any atom is -0.00201 e. The van der Waals surface area contributed by atoms with Crippen LogP contribution >= 0.6 is 0 Å². The van der Waals surface area contributed by atoms with Crippen molar-refractivity contribution in [3.05, 3.63) is 206 Å². The lowest BCUT2D eigenvalue weighted by atomic mass is 9.83. The molecule has 0 saturated heterocycles. The van der Waals surface area contributed by atoms with E-state index in [1.165, 1.54) is 120 Å². The van der Waals surface area contributed by atoms with Crippen LogP contribution in [0.1, 0.15) is 0 Å². The lowest BCUT2D eigenvalue weighted by Crippen LogP contribution is -1.92. The number of rotatable bonds is 3. The molecule has 0 amide bonds. The SMILES string of the molecule is c1ccc2cc3c(ccc4c(-c5c6ccccc6c(-c6ccc7cc(-c8cccc9ccccc89)c8ccccc8c7c6)c6ccccc56)cccc43)cc2c1. The van der Waals surface area contributed by atoms with Gasteiger partial charge in [-0.1, -0.05) is 182 Å². The third-order valence-electron chi connectivity index (χ3n) is 12.2. The second-order valence-corrected chi connectivity index (χ2v) is 15.2. The summed E-state index contributed by atoms with van der Waals surface area (Å²) in [6.45, 7) is 0. The molecule has 0 bridgehead atoms. The molecule has 0 heteroatoms. The van der Waals surface area contributed by atoms with Crippen LogP contribution in [0.5, 0.6) is 0 Å². The van der Waals surface area contributed by atoms with Crippen LogP contribution in [0.15, 0.2) is 206 Å². The number of hydrogen-bond donors (Lipinski definition) is 0. The Balaban J connectivity index is 1.11. The molecule has 12 rings (SSSR count). The molecule has 0 nitrogen and oxygen atoms in total. The van der Waals surface area contributed by atoms with Crippen molar-refractivity contribution < 1.29 is 0 Å². The molecule has 56 heavy (non-hydrogen) atoms. The molecule has 0 aliphatic heterocycles. The summed E-state index contributed by atoms with van der Waals surface area (Å²) in [6.07, 6.45) is 0. The van der Waals surface area contributed by atoms with Crippen LogP contribution in [0.3, 0.4) is 0 Å². The number of fused-ring (bicyclic) bond motifs is 10. The summed E-state index contributed by atoms with van der Waals surface area (Å²) in [7, 11) is 0. The molecule has 0 spiro atoms. The van der Waals surface area contributed by atoms with Gasteiger partial charge in [-0.3, -0.25) is 0 Å². The zero-order valence-corrected chi connectivity index (χ0v) is 30.6. The van der Waals surface area contributed by atoms with Crippen molar-refractivity contribution in [2.45, 2.75) is 0 Å². The van der Waals surface area contributed by atoms with E-state index in [2.05, 4.69) is 206 Å². The van der Waals surface area contributed by atoms with Gasteiger partial charge >= 0.3 is 0 Å². The summed E-state index contributed by atoms with van der Waals surface area (Å²) in [5.74, 6) is 0. The second kappa shape index (κ2) is 12.1. The minimum atomic E-state index is 1.23. The molecule has 258 valence electrons. The molecular weight excluding hydrogens is 673 g/mol. The van der Waals surface area contributed by atoms with E-state index in [0.29, 0.717) is 0 Å². The third-order valence-corrected chi connectivity index (χ3v) is 12.2. The molecule has 0 atom stereocenters. The average Bonchev–Trinajstić information content (AvgIpc) is 3.26. The van der Waals surface area contributed by atoms with Crippen molar-refractivity contribution in [1.29, 1.82) is 0 Å². The predicted molar refractivity (Wildman–Crippen MR) is 243 cm³/mol. The Hall–Kier alpha value is -7.28. The van der Waals surface area contributed by atoms with Crippen molar-refractivity contribution in [2.75, 3.05) is 0 Å². The summed E-state index contributed by atoms with van der Waals surface area (Å²) in [4.78, 5) is 0. The molecule has 0 aromatic heterocycles. The Bertz CT molecular complexity index is 3520. The molecule has 0 fully saturated rings. The Morgan fingerprint density at radius 3 is 1.38 bits per heavy atom. The highest BCUT2D eigenvalue weighted by Gasteiger charge is 2.19. The van der Waals surface area contributed by atoms with Crippen molar-refractivity contribution in [3.63, 3.8) is 0 Å². The van der Waals surface area contributed by atoms with E-state index < -0.39 is 0 Å². The summed E-state index contributed by atoms with van der Waals surface area (Å²) >= 11 is 0. The summed E-state index contributed by atoms with van der Waals surface area (Å²) in [5.41, 5.74) is 7.61. The molecule has 12 aromatic rings. The fraction of sp³-hybridized carbons (Fsp3) is 0. The minimum Gasteiger partial charge on any atom is -0.0616 e. The van der Waals surface area contributed by atoms with E-state index in [4.69, 9.17) is 0 Å². The van der Waals surface area contributed by atoms with Gasteiger partial charge in [0.15, 0.2) is 0 Å². The van der Waals surface area contributed by atoms with Crippen molar-refractivity contribution in [3.8, 4) is 33.4 Å². The van der Waals surface area contributed by atoms with E-state index in [1.807, 2.05) is 0 Å². The first kappa shape index (κ1) is 31.1. The van der Waals surface area contributed by atoms with Crippen molar-refractivity contribution >= 4 is 86.2 Å². The van der Waals surface area contributed by atoms with E-state index in [9.17, 15) is 0 Å². The van der Waals surface area contributed by atoms with Crippen LogP contribution in [0.4, 0.5) is 0 Å². The van der Waals surface area contributed by atoms with Crippen LogP contribution in [0.25, 0.3) is 120 Å². The fourth-order valence-electron chi connectivity index (χ4n) is 9.67. The molecule has 12 aromatic carbocycles. The highest BCUT2D eigenvalue weighted by Crippen LogP contribution is 2.47. The standard InChI is InChI=1S/C56H34/c1-2-15-37-32-52-38(31-36(37)14-1)29-30-46-44(52)25-12-26-47(46)56-50-22-9-7-20-48(50)55(49-21-8-10-23-51(49)56)40-28-27-39-33-54(45-19-6-5-18-43(45)53(39)34-40)42-24-11-16-35-13-3-4-17-41(35)42/h1-34H. The molecular formula is C56H34. The van der Waals surface area contributed by atoms with Gasteiger partial charge in [0.2, 0.25) is 0 Å². The van der Waals surface area contributed by atoms with Gasteiger partial charge < -0.3 is 0 Å². The zero-order valence-electron chi connectivity index (χ0n) is 30.6. The molecule has 0 N–H and O–H groups in total. The minimum absolute atomic E-state index is 1.23. The van der Waals surface area contributed by atoms with Crippen molar-refractivity contribution in [1.82, 2.24) is 0 Å². The molecule has 0 saturated carbocycles. The fourth-order valence-corrected chi connectivity index (χ4v) is 9.67. The van der Waals surface area contributed by atoms with Crippen LogP contribution in [-0.2, 0) is 0 Å². The predicted octanol–water partition coefficient (Wildman–Crippen LogP) is 15.9. The first-order valence-electron chi connectivity index (χ1n) is 19.5. The van der Waals surface area contributed by atoms with Gasteiger partial charge in [0.05, 0.1) is 0 Å². The highest BCUT2D eigenvalue weighted by atomic mass is 14.2. The van der Waals surface area contributed by atoms with Gasteiger partial charge in [-0.2, -0.15) is 0 Å². The normalized spacial score (nSPS) is 11.9. The smallest absolute Gasteiger partial charge is 0.00201 e. The number of benzene rings is 12. The Morgan fingerprint density at radius 2 is 0.643 bits per heavy atom. The lowest BCUT2D eigenvalue weighted by molar-refractivity contribution is 1.68.